The molecule has 0 spiro atoms. The predicted octanol–water partition coefficient (Wildman–Crippen LogP) is 7.06. The van der Waals surface area contributed by atoms with Crippen LogP contribution < -0.4 is 4.90 Å². The standard InChI is InChI=1S/C24H24BrFN2/c1-5-9-28-23-13-22(26)18(12-21(23)16(2)14-24(28,3)4)10-19(15-27)17-7-6-8-20(25)11-17/h6-8,10-14H,5,9H2,1-4H3/b19-10+. The number of hydrogen-bond acceptors (Lipinski definition) is 2. The van der Waals surface area contributed by atoms with Gasteiger partial charge in [-0.3, -0.25) is 0 Å². The van der Waals surface area contributed by atoms with Crippen LogP contribution in [0.5, 0.6) is 0 Å². The summed E-state index contributed by atoms with van der Waals surface area (Å²) in [4.78, 5) is 2.26. The van der Waals surface area contributed by atoms with E-state index in [1.165, 1.54) is 0 Å². The van der Waals surface area contributed by atoms with E-state index in [9.17, 15) is 5.26 Å². The smallest absolute Gasteiger partial charge is 0.132 e. The summed E-state index contributed by atoms with van der Waals surface area (Å²) in [5.41, 5.74) is 4.53. The molecular weight excluding hydrogens is 415 g/mol. The van der Waals surface area contributed by atoms with E-state index in [4.69, 9.17) is 0 Å². The van der Waals surface area contributed by atoms with Crippen molar-refractivity contribution < 1.29 is 4.39 Å². The molecule has 2 nitrogen and oxygen atoms in total. The first-order valence-electron chi connectivity index (χ1n) is 9.45. The summed E-state index contributed by atoms with van der Waals surface area (Å²) >= 11 is 3.42. The molecule has 1 aliphatic heterocycles. The first-order valence-corrected chi connectivity index (χ1v) is 10.2. The van der Waals surface area contributed by atoms with Crippen LogP contribution in [0.1, 0.15) is 50.8 Å². The van der Waals surface area contributed by atoms with Crippen LogP contribution in [0.3, 0.4) is 0 Å². The Balaban J connectivity index is 2.13. The molecule has 0 fully saturated rings. The van der Waals surface area contributed by atoms with Crippen molar-refractivity contribution in [3.63, 3.8) is 0 Å². The Hall–Kier alpha value is -2.38. The van der Waals surface area contributed by atoms with Crippen molar-refractivity contribution >= 4 is 38.8 Å². The molecule has 2 aromatic rings. The van der Waals surface area contributed by atoms with Gasteiger partial charge in [-0.2, -0.15) is 5.26 Å². The highest BCUT2D eigenvalue weighted by Gasteiger charge is 2.31. The summed E-state index contributed by atoms with van der Waals surface area (Å²) in [7, 11) is 0. The van der Waals surface area contributed by atoms with E-state index in [-0.39, 0.29) is 11.4 Å². The van der Waals surface area contributed by atoms with E-state index in [2.05, 4.69) is 60.7 Å². The number of anilines is 1. The summed E-state index contributed by atoms with van der Waals surface area (Å²) < 4.78 is 15.9. The van der Waals surface area contributed by atoms with Crippen molar-refractivity contribution in [2.24, 2.45) is 0 Å². The van der Waals surface area contributed by atoms with E-state index >= 15 is 4.39 Å². The molecule has 0 saturated heterocycles. The number of allylic oxidation sites excluding steroid dienone is 2. The lowest BCUT2D eigenvalue weighted by atomic mass is 9.87. The lowest BCUT2D eigenvalue weighted by Gasteiger charge is -2.43. The van der Waals surface area contributed by atoms with Gasteiger partial charge in [0.1, 0.15) is 5.82 Å². The fourth-order valence-electron chi connectivity index (χ4n) is 3.85. The monoisotopic (exact) mass is 438 g/mol. The molecule has 0 atom stereocenters. The minimum atomic E-state index is -0.312. The molecule has 0 radical (unpaired) electrons. The van der Waals surface area contributed by atoms with Gasteiger partial charge in [0.15, 0.2) is 0 Å². The SMILES string of the molecule is CCCN1c2cc(F)c(/C=C(\C#N)c3cccc(Br)c3)cc2C(C)=CC1(C)C. The van der Waals surface area contributed by atoms with Crippen LogP contribution >= 0.6 is 15.9 Å². The molecule has 1 heterocycles. The largest absolute Gasteiger partial charge is 0.362 e. The van der Waals surface area contributed by atoms with Crippen LogP contribution in [0.25, 0.3) is 17.2 Å². The first kappa shape index (κ1) is 20.4. The number of fused-ring (bicyclic) bond motifs is 1. The number of hydrogen-bond donors (Lipinski definition) is 0. The number of nitrogens with zero attached hydrogens (tertiary/aromatic N) is 2. The maximum atomic E-state index is 15.1. The summed E-state index contributed by atoms with van der Waals surface area (Å²) in [5.74, 6) is -0.312. The van der Waals surface area contributed by atoms with Crippen molar-refractivity contribution in [2.45, 2.75) is 39.7 Å². The quantitative estimate of drug-likeness (QED) is 0.377. The third-order valence-electron chi connectivity index (χ3n) is 5.10. The second kappa shape index (κ2) is 7.93. The molecule has 2 aromatic carbocycles. The van der Waals surface area contributed by atoms with Gasteiger partial charge in [-0.15, -0.1) is 0 Å². The minimum absolute atomic E-state index is 0.162. The Labute approximate surface area is 175 Å². The number of nitriles is 1. The Bertz CT molecular complexity index is 1010. The summed E-state index contributed by atoms with van der Waals surface area (Å²) in [6.45, 7) is 9.37. The van der Waals surface area contributed by atoms with Gasteiger partial charge in [-0.1, -0.05) is 41.1 Å². The molecule has 0 N–H and O–H groups in total. The van der Waals surface area contributed by atoms with Crippen molar-refractivity contribution in [1.82, 2.24) is 0 Å². The van der Waals surface area contributed by atoms with E-state index in [1.54, 1.807) is 12.1 Å². The van der Waals surface area contributed by atoms with Gasteiger partial charge in [0.05, 0.1) is 17.2 Å². The minimum Gasteiger partial charge on any atom is -0.362 e. The van der Waals surface area contributed by atoms with Crippen molar-refractivity contribution in [2.75, 3.05) is 11.4 Å². The molecule has 0 aromatic heterocycles. The fourth-order valence-corrected chi connectivity index (χ4v) is 4.25. The maximum Gasteiger partial charge on any atom is 0.132 e. The first-order chi connectivity index (χ1) is 13.3. The Morgan fingerprint density at radius 2 is 2.04 bits per heavy atom. The van der Waals surface area contributed by atoms with Crippen LogP contribution in [0.2, 0.25) is 0 Å². The van der Waals surface area contributed by atoms with Gasteiger partial charge in [0.25, 0.3) is 0 Å². The zero-order valence-electron chi connectivity index (χ0n) is 16.7. The average Bonchev–Trinajstić information content (AvgIpc) is 2.63. The highest BCUT2D eigenvalue weighted by molar-refractivity contribution is 9.10. The van der Waals surface area contributed by atoms with Crippen LogP contribution in [0.4, 0.5) is 10.1 Å². The second-order valence-corrected chi connectivity index (χ2v) is 8.62. The van der Waals surface area contributed by atoms with Crippen molar-refractivity contribution in [3.05, 3.63) is 69.5 Å². The lowest BCUT2D eigenvalue weighted by molar-refractivity contribution is 0.546. The fraction of sp³-hybridized carbons (Fsp3) is 0.292. The summed E-state index contributed by atoms with van der Waals surface area (Å²) in [6, 6.07) is 13.2. The van der Waals surface area contributed by atoms with E-state index in [0.29, 0.717) is 11.1 Å². The molecular formula is C24H24BrFN2. The van der Waals surface area contributed by atoms with E-state index in [0.717, 1.165) is 39.8 Å². The normalized spacial score (nSPS) is 15.7. The Morgan fingerprint density at radius 3 is 2.68 bits per heavy atom. The predicted molar refractivity (Wildman–Crippen MR) is 119 cm³/mol. The van der Waals surface area contributed by atoms with Crippen LogP contribution in [-0.2, 0) is 0 Å². The van der Waals surface area contributed by atoms with Gasteiger partial charge >= 0.3 is 0 Å². The molecule has 28 heavy (non-hydrogen) atoms. The highest BCUT2D eigenvalue weighted by Crippen LogP contribution is 2.40. The molecule has 0 bridgehead atoms. The molecule has 0 unspecified atom stereocenters. The molecule has 0 amide bonds. The molecule has 1 aliphatic rings. The zero-order valence-corrected chi connectivity index (χ0v) is 18.3. The van der Waals surface area contributed by atoms with Crippen molar-refractivity contribution in [1.29, 1.82) is 5.26 Å². The van der Waals surface area contributed by atoms with Gasteiger partial charge in [0.2, 0.25) is 0 Å². The Morgan fingerprint density at radius 1 is 1.29 bits per heavy atom. The van der Waals surface area contributed by atoms with E-state index in [1.807, 2.05) is 30.3 Å². The summed E-state index contributed by atoms with van der Waals surface area (Å²) in [5, 5.41) is 9.62. The van der Waals surface area contributed by atoms with Gasteiger partial charge in [-0.05, 0) is 68.7 Å². The summed E-state index contributed by atoms with van der Waals surface area (Å²) in [6.07, 6.45) is 4.85. The molecule has 4 heteroatoms. The number of rotatable bonds is 4. The molecule has 0 saturated carbocycles. The third kappa shape index (κ3) is 3.91. The topological polar surface area (TPSA) is 27.0 Å². The Kier molecular flexibility index (Phi) is 5.76. The lowest BCUT2D eigenvalue weighted by Crippen LogP contribution is -2.45. The maximum absolute atomic E-state index is 15.1. The molecule has 0 aliphatic carbocycles. The number of halogens is 2. The van der Waals surface area contributed by atoms with E-state index < -0.39 is 0 Å². The van der Waals surface area contributed by atoms with Gasteiger partial charge in [0, 0.05) is 27.8 Å². The average molecular weight is 439 g/mol. The van der Waals surface area contributed by atoms with Gasteiger partial charge in [-0.25, -0.2) is 4.39 Å². The van der Waals surface area contributed by atoms with Crippen LogP contribution in [0, 0.1) is 17.1 Å². The third-order valence-corrected chi connectivity index (χ3v) is 5.59. The van der Waals surface area contributed by atoms with Crippen LogP contribution in [0.15, 0.2) is 46.9 Å². The second-order valence-electron chi connectivity index (χ2n) is 7.70. The number of benzene rings is 2. The zero-order chi connectivity index (χ0) is 20.5. The van der Waals surface area contributed by atoms with Crippen LogP contribution in [-0.4, -0.2) is 12.1 Å². The highest BCUT2D eigenvalue weighted by atomic mass is 79.9. The molecule has 3 rings (SSSR count). The van der Waals surface area contributed by atoms with Crippen molar-refractivity contribution in [3.8, 4) is 6.07 Å². The molecule has 144 valence electrons. The van der Waals surface area contributed by atoms with Gasteiger partial charge < -0.3 is 4.90 Å².